The number of halogens is 2. The van der Waals surface area contributed by atoms with Gasteiger partial charge < -0.3 is 10.5 Å². The smallest absolute Gasteiger partial charge is 0.270 e. The molecule has 0 bridgehead atoms. The van der Waals surface area contributed by atoms with Crippen molar-refractivity contribution in [2.75, 3.05) is 5.73 Å². The van der Waals surface area contributed by atoms with E-state index in [4.69, 9.17) is 10.5 Å². The van der Waals surface area contributed by atoms with Crippen LogP contribution in [0.25, 0.3) is 0 Å². The number of non-ortho nitro benzene ring substituents is 1. The Morgan fingerprint density at radius 2 is 1.80 bits per heavy atom. The zero-order chi connectivity index (χ0) is 14.7. The first-order chi connectivity index (χ1) is 9.47. The molecular formula is C13H10F2N2O3. The second-order valence-corrected chi connectivity index (χ2v) is 3.95. The SMILES string of the molecule is Nc1ccc(Oc2ccc([N+](=O)[O-])cc2C(F)F)cc1. The first-order valence-electron chi connectivity index (χ1n) is 5.57. The molecule has 0 aromatic heterocycles. The number of nitro groups is 1. The largest absolute Gasteiger partial charge is 0.457 e. The number of nitrogen functional groups attached to an aromatic ring is 1. The average molecular weight is 280 g/mol. The van der Waals surface area contributed by atoms with Crippen molar-refractivity contribution in [1.82, 2.24) is 0 Å². The van der Waals surface area contributed by atoms with Crippen molar-refractivity contribution in [2.45, 2.75) is 6.43 Å². The molecule has 5 nitrogen and oxygen atoms in total. The number of ether oxygens (including phenoxy) is 1. The Hall–Kier alpha value is -2.70. The number of hydrogen-bond donors (Lipinski definition) is 1. The molecule has 0 aliphatic carbocycles. The third kappa shape index (κ3) is 3.00. The van der Waals surface area contributed by atoms with E-state index in [9.17, 15) is 18.9 Å². The lowest BCUT2D eigenvalue weighted by Gasteiger charge is -2.10. The Bertz CT molecular complexity index is 630. The van der Waals surface area contributed by atoms with E-state index in [1.165, 1.54) is 12.1 Å². The van der Waals surface area contributed by atoms with E-state index in [0.717, 1.165) is 18.2 Å². The van der Waals surface area contributed by atoms with Gasteiger partial charge in [-0.25, -0.2) is 8.78 Å². The van der Waals surface area contributed by atoms with Gasteiger partial charge in [0.1, 0.15) is 11.5 Å². The summed E-state index contributed by atoms with van der Waals surface area (Å²) in [5, 5.41) is 10.6. The summed E-state index contributed by atoms with van der Waals surface area (Å²) in [6.07, 6.45) is -2.88. The molecule has 2 N–H and O–H groups in total. The molecule has 0 radical (unpaired) electrons. The highest BCUT2D eigenvalue weighted by atomic mass is 19.3. The summed E-state index contributed by atoms with van der Waals surface area (Å²) in [6.45, 7) is 0. The summed E-state index contributed by atoms with van der Waals surface area (Å²) in [5.74, 6) is 0.185. The Morgan fingerprint density at radius 1 is 1.15 bits per heavy atom. The molecule has 7 heteroatoms. The van der Waals surface area contributed by atoms with Gasteiger partial charge in [0, 0.05) is 17.8 Å². The van der Waals surface area contributed by atoms with Gasteiger partial charge in [0.05, 0.1) is 10.5 Å². The molecule has 0 aliphatic heterocycles. The lowest BCUT2D eigenvalue weighted by atomic mass is 10.2. The molecule has 0 saturated carbocycles. The van der Waals surface area contributed by atoms with Gasteiger partial charge in [0.25, 0.3) is 12.1 Å². The first-order valence-corrected chi connectivity index (χ1v) is 5.57. The van der Waals surface area contributed by atoms with Crippen molar-refractivity contribution in [2.24, 2.45) is 0 Å². The molecular weight excluding hydrogens is 270 g/mol. The number of hydrogen-bond acceptors (Lipinski definition) is 4. The Morgan fingerprint density at radius 3 is 2.35 bits per heavy atom. The third-order valence-corrected chi connectivity index (χ3v) is 2.55. The van der Waals surface area contributed by atoms with Crippen molar-refractivity contribution in [3.8, 4) is 11.5 Å². The van der Waals surface area contributed by atoms with Gasteiger partial charge in [0.2, 0.25) is 0 Å². The van der Waals surface area contributed by atoms with Crippen molar-refractivity contribution in [3.05, 3.63) is 58.1 Å². The molecule has 2 aromatic rings. The summed E-state index contributed by atoms with van der Waals surface area (Å²) in [7, 11) is 0. The minimum atomic E-state index is -2.88. The maximum atomic E-state index is 12.9. The van der Waals surface area contributed by atoms with Gasteiger partial charge in [0.15, 0.2) is 0 Å². The minimum absolute atomic E-state index is 0.129. The first kappa shape index (κ1) is 13.7. The van der Waals surface area contributed by atoms with Gasteiger partial charge >= 0.3 is 0 Å². The number of nitro benzene ring substituents is 1. The zero-order valence-corrected chi connectivity index (χ0v) is 10.1. The summed E-state index contributed by atoms with van der Waals surface area (Å²) in [4.78, 5) is 9.85. The van der Waals surface area contributed by atoms with E-state index < -0.39 is 22.6 Å². The second-order valence-electron chi connectivity index (χ2n) is 3.95. The van der Waals surface area contributed by atoms with Gasteiger partial charge in [-0.15, -0.1) is 0 Å². The van der Waals surface area contributed by atoms with Crippen LogP contribution < -0.4 is 10.5 Å². The number of anilines is 1. The van der Waals surface area contributed by atoms with Crippen LogP contribution in [-0.2, 0) is 0 Å². The zero-order valence-electron chi connectivity index (χ0n) is 10.1. The number of nitrogens with two attached hydrogens (primary N) is 1. The highest BCUT2D eigenvalue weighted by molar-refractivity contribution is 5.48. The summed E-state index contributed by atoms with van der Waals surface area (Å²) < 4.78 is 31.1. The fourth-order valence-corrected chi connectivity index (χ4v) is 1.58. The van der Waals surface area contributed by atoms with E-state index in [-0.39, 0.29) is 5.75 Å². The molecule has 0 amide bonds. The minimum Gasteiger partial charge on any atom is -0.457 e. The van der Waals surface area contributed by atoms with Crippen LogP contribution in [0.1, 0.15) is 12.0 Å². The maximum Gasteiger partial charge on any atom is 0.270 e. The molecule has 0 spiro atoms. The molecule has 0 saturated heterocycles. The monoisotopic (exact) mass is 280 g/mol. The van der Waals surface area contributed by atoms with Crippen LogP contribution in [0.5, 0.6) is 11.5 Å². The normalized spacial score (nSPS) is 10.6. The lowest BCUT2D eigenvalue weighted by molar-refractivity contribution is -0.385. The van der Waals surface area contributed by atoms with E-state index >= 15 is 0 Å². The van der Waals surface area contributed by atoms with Crippen molar-refractivity contribution in [3.63, 3.8) is 0 Å². The molecule has 2 rings (SSSR count). The highest BCUT2D eigenvalue weighted by Crippen LogP contribution is 2.35. The summed E-state index contributed by atoms with van der Waals surface area (Å²) in [6, 6.07) is 9.22. The van der Waals surface area contributed by atoms with Gasteiger partial charge in [-0.3, -0.25) is 10.1 Å². The van der Waals surface area contributed by atoms with E-state index in [1.807, 2.05) is 0 Å². The topological polar surface area (TPSA) is 78.4 Å². The number of rotatable bonds is 4. The Balaban J connectivity index is 2.35. The van der Waals surface area contributed by atoms with Gasteiger partial charge in [-0.05, 0) is 30.3 Å². The average Bonchev–Trinajstić information content (AvgIpc) is 2.41. The fourth-order valence-electron chi connectivity index (χ4n) is 1.58. The number of benzene rings is 2. The van der Waals surface area contributed by atoms with Gasteiger partial charge in [-0.1, -0.05) is 0 Å². The molecule has 0 unspecified atom stereocenters. The van der Waals surface area contributed by atoms with Crippen molar-refractivity contribution < 1.29 is 18.4 Å². The summed E-state index contributed by atoms with van der Waals surface area (Å²) in [5.41, 5.74) is 5.07. The predicted molar refractivity (Wildman–Crippen MR) is 69.0 cm³/mol. The van der Waals surface area contributed by atoms with Crippen LogP contribution in [-0.4, -0.2) is 4.92 Å². The van der Waals surface area contributed by atoms with Crippen LogP contribution in [0, 0.1) is 10.1 Å². The fraction of sp³-hybridized carbons (Fsp3) is 0.0769. The van der Waals surface area contributed by atoms with Crippen LogP contribution in [0.15, 0.2) is 42.5 Å². The van der Waals surface area contributed by atoms with Crippen LogP contribution >= 0.6 is 0 Å². The molecule has 0 aliphatic rings. The van der Waals surface area contributed by atoms with Crippen molar-refractivity contribution >= 4 is 11.4 Å². The number of nitrogens with zero attached hydrogens (tertiary/aromatic N) is 1. The Labute approximate surface area is 112 Å². The standard InChI is InChI=1S/C13H10F2N2O3/c14-13(15)11-7-9(17(18)19)3-6-12(11)20-10-4-1-8(16)2-5-10/h1-7,13H,16H2. The van der Waals surface area contributed by atoms with E-state index in [1.54, 1.807) is 12.1 Å². The van der Waals surface area contributed by atoms with E-state index in [2.05, 4.69) is 0 Å². The number of alkyl halides is 2. The highest BCUT2D eigenvalue weighted by Gasteiger charge is 2.19. The van der Waals surface area contributed by atoms with Crippen LogP contribution in [0.4, 0.5) is 20.2 Å². The molecule has 0 heterocycles. The molecule has 0 fully saturated rings. The van der Waals surface area contributed by atoms with Crippen molar-refractivity contribution in [1.29, 1.82) is 0 Å². The quantitative estimate of drug-likeness (QED) is 0.523. The lowest BCUT2D eigenvalue weighted by Crippen LogP contribution is -1.96. The molecule has 0 atom stereocenters. The van der Waals surface area contributed by atoms with Gasteiger partial charge in [-0.2, -0.15) is 0 Å². The molecule has 2 aromatic carbocycles. The third-order valence-electron chi connectivity index (χ3n) is 2.55. The summed E-state index contributed by atoms with van der Waals surface area (Å²) >= 11 is 0. The second kappa shape index (κ2) is 5.52. The maximum absolute atomic E-state index is 12.9. The van der Waals surface area contributed by atoms with Crippen LogP contribution in [0.3, 0.4) is 0 Å². The molecule has 104 valence electrons. The van der Waals surface area contributed by atoms with E-state index in [0.29, 0.717) is 11.4 Å². The van der Waals surface area contributed by atoms with Crippen LogP contribution in [0.2, 0.25) is 0 Å². The Kier molecular flexibility index (Phi) is 3.79. The predicted octanol–water partition coefficient (Wildman–Crippen LogP) is 3.91. The molecule has 20 heavy (non-hydrogen) atoms.